The van der Waals surface area contributed by atoms with E-state index >= 15 is 0 Å². The number of benzene rings is 1. The third kappa shape index (κ3) is 2.94. The van der Waals surface area contributed by atoms with Crippen LogP contribution in [0.5, 0.6) is 0 Å². The molecule has 1 amide bonds. The van der Waals surface area contributed by atoms with E-state index in [0.29, 0.717) is 34.6 Å². The lowest BCUT2D eigenvalue weighted by Crippen LogP contribution is -2.35. The molecule has 0 bridgehead atoms. The Labute approximate surface area is 181 Å². The average molecular weight is 434 g/mol. The number of aliphatic hydroxyl groups is 1. The van der Waals surface area contributed by atoms with Crippen LogP contribution >= 0.6 is 0 Å². The van der Waals surface area contributed by atoms with Crippen LogP contribution in [0.3, 0.4) is 0 Å². The number of aromatic nitrogens is 4. The zero-order chi connectivity index (χ0) is 22.6. The molecule has 0 saturated carbocycles. The number of nitrogens with zero attached hydrogens (tertiary/aromatic N) is 6. The van der Waals surface area contributed by atoms with E-state index < -0.39 is 16.4 Å². The van der Waals surface area contributed by atoms with Crippen molar-refractivity contribution in [3.8, 4) is 22.5 Å². The van der Waals surface area contributed by atoms with Crippen molar-refractivity contribution in [1.82, 2.24) is 24.8 Å². The number of pyridine rings is 1. The van der Waals surface area contributed by atoms with Gasteiger partial charge in [0.25, 0.3) is 5.91 Å². The molecule has 11 nitrogen and oxygen atoms in total. The summed E-state index contributed by atoms with van der Waals surface area (Å²) in [5.41, 5.74) is 1.41. The molecule has 1 saturated heterocycles. The smallest absolute Gasteiger partial charge is 0.373 e. The molecule has 1 aromatic carbocycles. The first-order chi connectivity index (χ1) is 15.3. The van der Waals surface area contributed by atoms with E-state index in [1.54, 1.807) is 38.4 Å². The van der Waals surface area contributed by atoms with Crippen molar-refractivity contribution in [2.75, 3.05) is 13.6 Å². The van der Waals surface area contributed by atoms with Crippen molar-refractivity contribution in [3.05, 3.63) is 58.3 Å². The molecule has 162 valence electrons. The van der Waals surface area contributed by atoms with Crippen LogP contribution in [0.4, 0.5) is 5.82 Å². The number of likely N-dealkylation sites (tertiary alicyclic amines) is 1. The van der Waals surface area contributed by atoms with Gasteiger partial charge in [-0.25, -0.2) is 4.98 Å². The lowest BCUT2D eigenvalue weighted by atomic mass is 9.97. The van der Waals surface area contributed by atoms with Crippen molar-refractivity contribution >= 4 is 22.8 Å². The summed E-state index contributed by atoms with van der Waals surface area (Å²) in [5, 5.41) is 30.0. The Morgan fingerprint density at radius 1 is 1.16 bits per heavy atom. The summed E-state index contributed by atoms with van der Waals surface area (Å²) in [7, 11) is 3.25. The zero-order valence-corrected chi connectivity index (χ0v) is 17.2. The van der Waals surface area contributed by atoms with E-state index in [4.69, 9.17) is 4.52 Å². The van der Waals surface area contributed by atoms with Gasteiger partial charge in [0.15, 0.2) is 11.3 Å². The summed E-state index contributed by atoms with van der Waals surface area (Å²) in [4.78, 5) is 29.0. The highest BCUT2D eigenvalue weighted by Crippen LogP contribution is 2.35. The van der Waals surface area contributed by atoms with E-state index in [2.05, 4.69) is 15.2 Å². The van der Waals surface area contributed by atoms with Crippen molar-refractivity contribution in [2.45, 2.75) is 12.0 Å². The van der Waals surface area contributed by atoms with Crippen molar-refractivity contribution in [2.24, 2.45) is 7.05 Å². The van der Waals surface area contributed by atoms with Crippen LogP contribution < -0.4 is 0 Å². The molecule has 5 rings (SSSR count). The maximum absolute atomic E-state index is 12.3. The molecule has 4 aromatic rings. The molecule has 0 aliphatic carbocycles. The van der Waals surface area contributed by atoms with Crippen molar-refractivity contribution in [1.29, 1.82) is 0 Å². The first kappa shape index (κ1) is 19.8. The third-order valence-corrected chi connectivity index (χ3v) is 5.73. The highest BCUT2D eigenvalue weighted by atomic mass is 16.6. The summed E-state index contributed by atoms with van der Waals surface area (Å²) in [6.07, 6.45) is 0.227. The highest BCUT2D eigenvalue weighted by Gasteiger charge is 2.48. The standard InChI is InChI=1S/C21H18N6O5/c1-25-9-8-21(29,20(25)28)17-11-15(24-32-17)13-5-3-4-12(10-13)14-6-7-16-18(22-14)19(27(30)31)23-26(16)2/h3-7,10-11,29H,8-9H2,1-2H3/t21-/m1/s1. The van der Waals surface area contributed by atoms with Crippen LogP contribution in [0.15, 0.2) is 47.0 Å². The number of hydrogen-bond donors (Lipinski definition) is 1. The highest BCUT2D eigenvalue weighted by molar-refractivity contribution is 5.88. The van der Waals surface area contributed by atoms with Gasteiger partial charge in [-0.1, -0.05) is 23.4 Å². The van der Waals surface area contributed by atoms with E-state index in [0.717, 1.165) is 0 Å². The van der Waals surface area contributed by atoms with Gasteiger partial charge in [-0.15, -0.1) is 0 Å². The fourth-order valence-corrected chi connectivity index (χ4v) is 3.93. The molecule has 0 radical (unpaired) electrons. The third-order valence-electron chi connectivity index (χ3n) is 5.73. The molecule has 11 heteroatoms. The molecule has 1 atom stereocenters. The van der Waals surface area contributed by atoms with Crippen LogP contribution in [0, 0.1) is 10.1 Å². The maximum Gasteiger partial charge on any atom is 0.416 e. The van der Waals surface area contributed by atoms with Crippen LogP contribution in [0.1, 0.15) is 12.2 Å². The predicted octanol–water partition coefficient (Wildman–Crippen LogP) is 2.25. The molecule has 1 N–H and O–H groups in total. The Morgan fingerprint density at radius 3 is 2.59 bits per heavy atom. The van der Waals surface area contributed by atoms with E-state index in [1.165, 1.54) is 9.58 Å². The van der Waals surface area contributed by atoms with E-state index in [9.17, 15) is 20.0 Å². The molecular formula is C21H18N6O5. The van der Waals surface area contributed by atoms with Crippen LogP contribution in [0.2, 0.25) is 0 Å². The Kier molecular flexibility index (Phi) is 4.31. The molecule has 0 spiro atoms. The second-order valence-electron chi connectivity index (χ2n) is 7.76. The van der Waals surface area contributed by atoms with Gasteiger partial charge in [0.1, 0.15) is 11.2 Å². The van der Waals surface area contributed by atoms with Crippen LogP contribution in [0.25, 0.3) is 33.5 Å². The first-order valence-electron chi connectivity index (χ1n) is 9.82. The molecule has 4 heterocycles. The quantitative estimate of drug-likeness (QED) is 0.381. The zero-order valence-electron chi connectivity index (χ0n) is 17.2. The van der Waals surface area contributed by atoms with Gasteiger partial charge in [-0.05, 0) is 23.1 Å². The molecule has 1 aliphatic rings. The van der Waals surface area contributed by atoms with Gasteiger partial charge in [0.05, 0.1) is 17.8 Å². The van der Waals surface area contributed by atoms with Gasteiger partial charge in [-0.2, -0.15) is 4.68 Å². The Hall–Kier alpha value is -4.12. The number of fused-ring (bicyclic) bond motifs is 1. The molecule has 1 aliphatic heterocycles. The predicted molar refractivity (Wildman–Crippen MR) is 112 cm³/mol. The van der Waals surface area contributed by atoms with Gasteiger partial charge in [-0.3, -0.25) is 4.79 Å². The number of nitro groups is 1. The molecule has 1 fully saturated rings. The van der Waals surface area contributed by atoms with Crippen molar-refractivity contribution < 1.29 is 19.3 Å². The summed E-state index contributed by atoms with van der Waals surface area (Å²) < 4.78 is 6.74. The number of amides is 1. The summed E-state index contributed by atoms with van der Waals surface area (Å²) in [6.45, 7) is 0.426. The molecule has 3 aromatic heterocycles. The maximum atomic E-state index is 12.3. The second kappa shape index (κ2) is 6.95. The van der Waals surface area contributed by atoms with Gasteiger partial charge < -0.3 is 24.6 Å². The lowest BCUT2D eigenvalue weighted by Gasteiger charge is -2.16. The number of rotatable bonds is 4. The van der Waals surface area contributed by atoms with Gasteiger partial charge >= 0.3 is 5.82 Å². The largest absolute Gasteiger partial charge is 0.416 e. The molecule has 32 heavy (non-hydrogen) atoms. The minimum absolute atomic E-state index is 0.0952. The van der Waals surface area contributed by atoms with Crippen LogP contribution in [-0.2, 0) is 17.4 Å². The normalized spacial score (nSPS) is 18.6. The average Bonchev–Trinajstić information content (AvgIpc) is 3.48. The SMILES string of the molecule is CN1CC[C@@](O)(c2cc(-c3cccc(-c4ccc5c(n4)c([N+](=O)[O-])nn5C)c3)no2)C1=O. The first-order valence-corrected chi connectivity index (χ1v) is 9.82. The monoisotopic (exact) mass is 434 g/mol. The van der Waals surface area contributed by atoms with Crippen molar-refractivity contribution in [3.63, 3.8) is 0 Å². The number of aryl methyl sites for hydroxylation is 1. The molecule has 0 unspecified atom stereocenters. The number of likely N-dealkylation sites (N-methyl/N-ethyl adjacent to an activating group) is 1. The Balaban J connectivity index is 1.53. The topological polar surface area (TPSA) is 140 Å². The number of hydrogen-bond acceptors (Lipinski definition) is 8. The van der Waals surface area contributed by atoms with Crippen LogP contribution in [-0.4, -0.2) is 54.4 Å². The number of carbonyl (C=O) groups is 1. The summed E-state index contributed by atoms with van der Waals surface area (Å²) in [6, 6.07) is 12.3. The summed E-state index contributed by atoms with van der Waals surface area (Å²) in [5.74, 6) is -0.636. The summed E-state index contributed by atoms with van der Waals surface area (Å²) >= 11 is 0. The lowest BCUT2D eigenvalue weighted by molar-refractivity contribution is -0.388. The van der Waals surface area contributed by atoms with E-state index in [-0.39, 0.29) is 23.5 Å². The fraction of sp³-hybridized carbons (Fsp3) is 0.238. The minimum Gasteiger partial charge on any atom is -0.373 e. The second-order valence-corrected chi connectivity index (χ2v) is 7.76. The minimum atomic E-state index is -1.72. The van der Waals surface area contributed by atoms with E-state index in [1.807, 2.05) is 18.2 Å². The molecular weight excluding hydrogens is 416 g/mol. The Morgan fingerprint density at radius 2 is 1.91 bits per heavy atom. The Bertz CT molecular complexity index is 1390. The van der Waals surface area contributed by atoms with Gasteiger partial charge in [0.2, 0.25) is 5.60 Å². The fourth-order valence-electron chi connectivity index (χ4n) is 3.93. The van der Waals surface area contributed by atoms with Gasteiger partial charge in [0, 0.05) is 37.2 Å². The number of carbonyl (C=O) groups excluding carboxylic acids is 1.